The molecule has 1 aliphatic heterocycles. The first-order valence-corrected chi connectivity index (χ1v) is 10.1. The molecular formula is C25H24N2O5. The molecule has 7 heteroatoms. The highest BCUT2D eigenvalue weighted by Gasteiger charge is 2.48. The molecule has 3 aromatic rings. The summed E-state index contributed by atoms with van der Waals surface area (Å²) in [7, 11) is 5.31. The Balaban J connectivity index is 1.92. The predicted molar refractivity (Wildman–Crippen MR) is 122 cm³/mol. The van der Waals surface area contributed by atoms with Gasteiger partial charge in [0.25, 0.3) is 11.7 Å². The van der Waals surface area contributed by atoms with Crippen molar-refractivity contribution in [1.82, 2.24) is 0 Å². The van der Waals surface area contributed by atoms with Crippen LogP contribution in [0.4, 0.5) is 11.4 Å². The van der Waals surface area contributed by atoms with Crippen molar-refractivity contribution in [2.24, 2.45) is 0 Å². The average Bonchev–Trinajstić information content (AvgIpc) is 3.34. The minimum Gasteiger partial charge on any atom is -0.507 e. The molecule has 2 heterocycles. The normalized spacial score (nSPS) is 17.6. The molecule has 1 saturated heterocycles. The lowest BCUT2D eigenvalue weighted by atomic mass is 9.98. The number of benzene rings is 2. The van der Waals surface area contributed by atoms with E-state index >= 15 is 0 Å². The van der Waals surface area contributed by atoms with Crippen molar-refractivity contribution in [2.75, 3.05) is 31.0 Å². The zero-order valence-corrected chi connectivity index (χ0v) is 18.3. The van der Waals surface area contributed by atoms with E-state index in [1.165, 1.54) is 12.0 Å². The van der Waals surface area contributed by atoms with Crippen molar-refractivity contribution < 1.29 is 23.8 Å². The number of para-hydroxylation sites is 1. The molecule has 1 fully saturated rings. The first kappa shape index (κ1) is 21.2. The summed E-state index contributed by atoms with van der Waals surface area (Å²) < 4.78 is 11.2. The van der Waals surface area contributed by atoms with Crippen LogP contribution in [0.3, 0.4) is 0 Å². The third-order valence-corrected chi connectivity index (χ3v) is 5.48. The first-order chi connectivity index (χ1) is 15.3. The van der Waals surface area contributed by atoms with Gasteiger partial charge in [-0.25, -0.2) is 0 Å². The minimum absolute atomic E-state index is 0.0504. The summed E-state index contributed by atoms with van der Waals surface area (Å²) in [5, 5.41) is 11.2. The van der Waals surface area contributed by atoms with Gasteiger partial charge in [0.15, 0.2) is 0 Å². The molecule has 1 aromatic heterocycles. The molecule has 0 spiro atoms. The number of carbonyl (C=O) groups is 2. The van der Waals surface area contributed by atoms with Gasteiger partial charge in [-0.2, -0.15) is 0 Å². The number of hydrogen-bond donors (Lipinski definition) is 1. The van der Waals surface area contributed by atoms with Crippen molar-refractivity contribution in [2.45, 2.75) is 13.0 Å². The molecule has 1 N–H and O–H groups in total. The van der Waals surface area contributed by atoms with Gasteiger partial charge in [-0.05, 0) is 55.5 Å². The number of anilines is 2. The van der Waals surface area contributed by atoms with Gasteiger partial charge in [0.05, 0.1) is 18.2 Å². The summed E-state index contributed by atoms with van der Waals surface area (Å²) >= 11 is 0. The van der Waals surface area contributed by atoms with E-state index in [2.05, 4.69) is 0 Å². The van der Waals surface area contributed by atoms with Crippen LogP contribution in [0.25, 0.3) is 5.76 Å². The van der Waals surface area contributed by atoms with E-state index in [1.807, 2.05) is 31.1 Å². The molecular weight excluding hydrogens is 408 g/mol. The lowest BCUT2D eigenvalue weighted by Crippen LogP contribution is -2.29. The van der Waals surface area contributed by atoms with Gasteiger partial charge in [-0.15, -0.1) is 0 Å². The van der Waals surface area contributed by atoms with Crippen LogP contribution < -0.4 is 14.5 Å². The van der Waals surface area contributed by atoms with E-state index in [0.717, 1.165) is 5.69 Å². The second kappa shape index (κ2) is 8.26. The van der Waals surface area contributed by atoms with Gasteiger partial charge in [0.2, 0.25) is 0 Å². The highest BCUT2D eigenvalue weighted by molar-refractivity contribution is 6.51. The van der Waals surface area contributed by atoms with Crippen molar-refractivity contribution >= 4 is 28.8 Å². The molecule has 0 saturated carbocycles. The highest BCUT2D eigenvalue weighted by atomic mass is 16.5. The number of ketones is 1. The van der Waals surface area contributed by atoms with Crippen molar-refractivity contribution in [3.8, 4) is 5.75 Å². The summed E-state index contributed by atoms with van der Waals surface area (Å²) in [5.41, 5.74) is 1.75. The minimum atomic E-state index is -0.918. The summed E-state index contributed by atoms with van der Waals surface area (Å²) in [6, 6.07) is 16.6. The summed E-state index contributed by atoms with van der Waals surface area (Å²) in [5.74, 6) is -0.434. The SMILES string of the molecule is COc1ccccc1/C(O)=C1/C(=O)C(=O)N(c2ccc(N(C)C)cc2)C1c1ccc(C)o1. The number of aliphatic hydroxyl groups is 1. The van der Waals surface area contributed by atoms with Gasteiger partial charge in [-0.1, -0.05) is 12.1 Å². The number of hydrogen-bond acceptors (Lipinski definition) is 6. The largest absolute Gasteiger partial charge is 0.507 e. The number of aliphatic hydroxyl groups excluding tert-OH is 1. The highest BCUT2D eigenvalue weighted by Crippen LogP contribution is 2.43. The van der Waals surface area contributed by atoms with Gasteiger partial charge in [-0.3, -0.25) is 14.5 Å². The summed E-state index contributed by atoms with van der Waals surface area (Å²) in [6.07, 6.45) is 0. The number of Topliss-reactive ketones (excluding diaryl/α,β-unsaturated/α-hetero) is 1. The lowest BCUT2D eigenvalue weighted by Gasteiger charge is -2.24. The van der Waals surface area contributed by atoms with Crippen molar-refractivity contribution in [3.05, 3.63) is 83.3 Å². The molecule has 1 aliphatic rings. The Hall–Kier alpha value is -4.00. The van der Waals surface area contributed by atoms with Crippen molar-refractivity contribution in [1.29, 1.82) is 0 Å². The van der Waals surface area contributed by atoms with Crippen LogP contribution in [0.1, 0.15) is 23.1 Å². The molecule has 7 nitrogen and oxygen atoms in total. The molecule has 1 unspecified atom stereocenters. The maximum atomic E-state index is 13.2. The Morgan fingerprint density at radius 3 is 2.31 bits per heavy atom. The molecule has 0 radical (unpaired) electrons. The molecule has 0 bridgehead atoms. The van der Waals surface area contributed by atoms with Crippen LogP contribution in [0.2, 0.25) is 0 Å². The fraction of sp³-hybridized carbons (Fsp3) is 0.200. The zero-order chi connectivity index (χ0) is 23.0. The fourth-order valence-corrected chi connectivity index (χ4v) is 3.87. The maximum Gasteiger partial charge on any atom is 0.300 e. The lowest BCUT2D eigenvalue weighted by molar-refractivity contribution is -0.132. The summed E-state index contributed by atoms with van der Waals surface area (Å²) in [4.78, 5) is 29.6. The van der Waals surface area contributed by atoms with E-state index in [-0.39, 0.29) is 11.3 Å². The topological polar surface area (TPSA) is 83.2 Å². The average molecular weight is 432 g/mol. The molecule has 4 rings (SSSR count). The number of rotatable bonds is 5. The molecule has 1 amide bonds. The van der Waals surface area contributed by atoms with E-state index in [4.69, 9.17) is 9.15 Å². The zero-order valence-electron chi connectivity index (χ0n) is 18.3. The van der Waals surface area contributed by atoms with E-state index in [0.29, 0.717) is 28.5 Å². The number of furan rings is 1. The molecule has 1 atom stereocenters. The fourth-order valence-electron chi connectivity index (χ4n) is 3.87. The maximum absolute atomic E-state index is 13.2. The van der Waals surface area contributed by atoms with Crippen LogP contribution in [-0.4, -0.2) is 38.0 Å². The van der Waals surface area contributed by atoms with Gasteiger partial charge >= 0.3 is 0 Å². The van der Waals surface area contributed by atoms with Crippen LogP contribution in [0, 0.1) is 6.92 Å². The quantitative estimate of drug-likeness (QED) is 0.368. The Labute approximate surface area is 186 Å². The van der Waals surface area contributed by atoms with E-state index in [1.54, 1.807) is 55.5 Å². The van der Waals surface area contributed by atoms with Crippen LogP contribution >= 0.6 is 0 Å². The van der Waals surface area contributed by atoms with Crippen LogP contribution in [0.15, 0.2) is 70.7 Å². The second-order valence-electron chi connectivity index (χ2n) is 7.73. The molecule has 32 heavy (non-hydrogen) atoms. The number of aryl methyl sites for hydroxylation is 1. The predicted octanol–water partition coefficient (Wildman–Crippen LogP) is 4.29. The Morgan fingerprint density at radius 1 is 1.03 bits per heavy atom. The Kier molecular flexibility index (Phi) is 5.48. The molecule has 2 aromatic carbocycles. The monoisotopic (exact) mass is 432 g/mol. The molecule has 164 valence electrons. The number of carbonyl (C=O) groups excluding carboxylic acids is 2. The van der Waals surface area contributed by atoms with E-state index in [9.17, 15) is 14.7 Å². The van der Waals surface area contributed by atoms with Crippen LogP contribution in [0.5, 0.6) is 5.75 Å². The number of ether oxygens (including phenoxy) is 1. The number of methoxy groups -OCH3 is 1. The first-order valence-electron chi connectivity index (χ1n) is 10.1. The van der Waals surface area contributed by atoms with Gasteiger partial charge in [0.1, 0.15) is 29.1 Å². The third kappa shape index (κ3) is 3.51. The van der Waals surface area contributed by atoms with Crippen LogP contribution in [-0.2, 0) is 9.59 Å². The number of nitrogens with zero attached hydrogens (tertiary/aromatic N) is 2. The van der Waals surface area contributed by atoms with Crippen molar-refractivity contribution in [3.63, 3.8) is 0 Å². The number of amides is 1. The second-order valence-corrected chi connectivity index (χ2v) is 7.73. The van der Waals surface area contributed by atoms with Gasteiger partial charge < -0.3 is 19.2 Å². The van der Waals surface area contributed by atoms with E-state index < -0.39 is 17.7 Å². The van der Waals surface area contributed by atoms with Gasteiger partial charge in [0, 0.05) is 25.5 Å². The summed E-state index contributed by atoms with van der Waals surface area (Å²) in [6.45, 7) is 1.78. The Morgan fingerprint density at radius 2 is 1.72 bits per heavy atom. The molecule has 0 aliphatic carbocycles. The standard InChI is InChI=1S/C25H24N2O5/c1-15-9-14-20(32-15)22-21(23(28)18-7-5-6-8-19(18)31-4)24(29)25(30)27(22)17-12-10-16(11-13-17)26(2)3/h5-14,22,28H,1-4H3/b23-21-. The third-order valence-electron chi connectivity index (χ3n) is 5.48. The Bertz CT molecular complexity index is 1210. The smallest absolute Gasteiger partial charge is 0.300 e.